The fourth-order valence-corrected chi connectivity index (χ4v) is 1.15. The summed E-state index contributed by atoms with van der Waals surface area (Å²) in [6, 6.07) is 9.30. The smallest absolute Gasteiger partial charge is 0.257 e. The van der Waals surface area contributed by atoms with E-state index in [1.54, 1.807) is 17.2 Å². The lowest BCUT2D eigenvalue weighted by Gasteiger charge is -2.07. The van der Waals surface area contributed by atoms with Gasteiger partial charge in [0.05, 0.1) is 4.92 Å². The van der Waals surface area contributed by atoms with Gasteiger partial charge in [0.15, 0.2) is 0 Å². The number of hydrogen-bond donors (Lipinski definition) is 1. The third-order valence-electron chi connectivity index (χ3n) is 1.86. The van der Waals surface area contributed by atoms with Crippen molar-refractivity contribution in [3.8, 4) is 0 Å². The molecule has 0 bridgehead atoms. The van der Waals surface area contributed by atoms with Crippen LogP contribution >= 0.6 is 0 Å². The first-order valence-corrected chi connectivity index (χ1v) is 5.10. The molecule has 90 valence electrons. The maximum atomic E-state index is 10.5. The number of nitrogens with zero attached hydrogens (tertiary/aromatic N) is 2. The normalized spacial score (nSPS) is 11.5. The molecule has 0 saturated carbocycles. The third kappa shape index (κ3) is 5.36. The minimum Gasteiger partial charge on any atom is -0.383 e. The molecule has 1 aromatic rings. The van der Waals surface area contributed by atoms with Crippen molar-refractivity contribution in [2.24, 2.45) is 0 Å². The molecule has 17 heavy (non-hydrogen) atoms. The number of allylic oxidation sites excluding steroid dienone is 1. The van der Waals surface area contributed by atoms with Crippen LogP contribution in [-0.2, 0) is 0 Å². The van der Waals surface area contributed by atoms with Gasteiger partial charge in [0.2, 0.25) is 0 Å². The van der Waals surface area contributed by atoms with Gasteiger partial charge in [-0.05, 0) is 18.2 Å². The molecule has 0 amide bonds. The van der Waals surface area contributed by atoms with Crippen LogP contribution in [0.1, 0.15) is 0 Å². The summed E-state index contributed by atoms with van der Waals surface area (Å²) in [7, 11) is 3.70. The Morgan fingerprint density at radius 3 is 2.53 bits per heavy atom. The highest BCUT2D eigenvalue weighted by molar-refractivity contribution is 5.49. The summed E-state index contributed by atoms with van der Waals surface area (Å²) >= 11 is 0. The number of rotatable bonds is 5. The van der Waals surface area contributed by atoms with Crippen molar-refractivity contribution in [2.45, 2.75) is 0 Å². The van der Waals surface area contributed by atoms with Crippen LogP contribution in [0.3, 0.4) is 0 Å². The van der Waals surface area contributed by atoms with Crippen LogP contribution in [0.2, 0.25) is 0 Å². The number of nitrogens with one attached hydrogen (secondary N) is 1. The molecule has 1 N–H and O–H groups in total. The quantitative estimate of drug-likeness (QED) is 0.481. The molecular weight excluding hydrogens is 218 g/mol. The first-order chi connectivity index (χ1) is 8.08. The third-order valence-corrected chi connectivity index (χ3v) is 1.86. The summed E-state index contributed by atoms with van der Waals surface area (Å²) in [6.07, 6.45) is 4.33. The van der Waals surface area contributed by atoms with Gasteiger partial charge in [-0.2, -0.15) is 0 Å². The molecule has 0 radical (unpaired) electrons. The molecule has 1 aromatic carbocycles. The Morgan fingerprint density at radius 2 is 2.00 bits per heavy atom. The van der Waals surface area contributed by atoms with Crippen molar-refractivity contribution in [1.82, 2.24) is 4.90 Å². The topological polar surface area (TPSA) is 58.4 Å². The maximum Gasteiger partial charge on any atom is 0.257 e. The highest BCUT2D eigenvalue weighted by Crippen LogP contribution is 2.09. The lowest BCUT2D eigenvalue weighted by Crippen LogP contribution is -2.04. The van der Waals surface area contributed by atoms with E-state index >= 15 is 0 Å². The first-order valence-electron chi connectivity index (χ1n) is 5.10. The molecule has 0 heterocycles. The van der Waals surface area contributed by atoms with Gasteiger partial charge in [-0.15, -0.1) is 0 Å². The van der Waals surface area contributed by atoms with E-state index in [-0.39, 0.29) is 0 Å². The fraction of sp³-hybridized carbons (Fsp3) is 0.167. The van der Waals surface area contributed by atoms with E-state index in [1.807, 2.05) is 44.4 Å². The largest absolute Gasteiger partial charge is 0.383 e. The summed E-state index contributed by atoms with van der Waals surface area (Å²) in [6.45, 7) is 0. The van der Waals surface area contributed by atoms with Gasteiger partial charge in [-0.1, -0.05) is 18.2 Å². The van der Waals surface area contributed by atoms with Crippen LogP contribution < -0.4 is 5.32 Å². The number of hydrogen-bond acceptors (Lipinski definition) is 4. The molecule has 0 atom stereocenters. The predicted molar refractivity (Wildman–Crippen MR) is 68.0 cm³/mol. The summed E-state index contributed by atoms with van der Waals surface area (Å²) in [5.41, 5.74) is 1.24. The molecule has 0 aromatic heterocycles. The molecule has 5 nitrogen and oxygen atoms in total. The van der Waals surface area contributed by atoms with Crippen LogP contribution in [-0.4, -0.2) is 23.9 Å². The SMILES string of the molecule is CN(C)C=CC(=C[N+](=O)[O-])Nc1ccccc1. The van der Waals surface area contributed by atoms with Gasteiger partial charge in [0.1, 0.15) is 5.70 Å². The average Bonchev–Trinajstić information content (AvgIpc) is 2.26. The molecule has 0 saturated heterocycles. The Balaban J connectivity index is 2.82. The van der Waals surface area contributed by atoms with Crippen LogP contribution in [0.4, 0.5) is 5.69 Å². The minimum absolute atomic E-state index is 0.426. The molecule has 0 fully saturated rings. The maximum absolute atomic E-state index is 10.5. The van der Waals surface area contributed by atoms with Gasteiger partial charge in [0, 0.05) is 26.0 Å². The molecule has 0 spiro atoms. The standard InChI is InChI=1S/C12H15N3O2/c1-14(2)9-8-12(10-15(16)17)13-11-6-4-3-5-7-11/h3-10,13H,1-2H3. The van der Waals surface area contributed by atoms with Crippen LogP contribution in [0.25, 0.3) is 0 Å². The summed E-state index contributed by atoms with van der Waals surface area (Å²) in [4.78, 5) is 11.8. The Hall–Kier alpha value is -2.30. The van der Waals surface area contributed by atoms with Gasteiger partial charge in [-0.25, -0.2) is 0 Å². The van der Waals surface area contributed by atoms with E-state index in [4.69, 9.17) is 0 Å². The summed E-state index contributed by atoms with van der Waals surface area (Å²) in [5, 5.41) is 13.5. The van der Waals surface area contributed by atoms with E-state index in [9.17, 15) is 10.1 Å². The number of para-hydroxylation sites is 1. The Morgan fingerprint density at radius 1 is 1.35 bits per heavy atom. The number of nitro groups is 1. The summed E-state index contributed by atoms with van der Waals surface area (Å²) in [5.74, 6) is 0. The molecule has 0 aliphatic heterocycles. The van der Waals surface area contributed by atoms with E-state index < -0.39 is 4.92 Å². The molecule has 0 unspecified atom stereocenters. The number of anilines is 1. The minimum atomic E-state index is -0.481. The van der Waals surface area contributed by atoms with Crippen molar-refractivity contribution in [3.05, 3.63) is 64.6 Å². The van der Waals surface area contributed by atoms with E-state index in [2.05, 4.69) is 5.32 Å². The predicted octanol–water partition coefficient (Wildman–Crippen LogP) is 2.29. The lowest BCUT2D eigenvalue weighted by molar-refractivity contribution is -0.403. The molecular formula is C12H15N3O2. The second-order valence-corrected chi connectivity index (χ2v) is 3.64. The first kappa shape index (κ1) is 12.8. The van der Waals surface area contributed by atoms with Crippen molar-refractivity contribution in [3.63, 3.8) is 0 Å². The lowest BCUT2D eigenvalue weighted by atomic mass is 10.3. The molecule has 0 aliphatic carbocycles. The molecule has 5 heteroatoms. The zero-order chi connectivity index (χ0) is 12.7. The van der Waals surface area contributed by atoms with Gasteiger partial charge in [0.25, 0.3) is 6.20 Å². The highest BCUT2D eigenvalue weighted by atomic mass is 16.6. The monoisotopic (exact) mass is 233 g/mol. The zero-order valence-electron chi connectivity index (χ0n) is 9.83. The Kier molecular flexibility index (Phi) is 4.75. The highest BCUT2D eigenvalue weighted by Gasteiger charge is 1.99. The van der Waals surface area contributed by atoms with Crippen LogP contribution in [0, 0.1) is 10.1 Å². The fourth-order valence-electron chi connectivity index (χ4n) is 1.15. The van der Waals surface area contributed by atoms with Crippen molar-refractivity contribution in [1.29, 1.82) is 0 Å². The molecule has 1 rings (SSSR count). The Bertz CT molecular complexity index is 425. The molecule has 0 aliphatic rings. The average molecular weight is 233 g/mol. The van der Waals surface area contributed by atoms with Crippen molar-refractivity contribution >= 4 is 5.69 Å². The van der Waals surface area contributed by atoms with Crippen LogP contribution in [0.15, 0.2) is 54.5 Å². The van der Waals surface area contributed by atoms with Crippen LogP contribution in [0.5, 0.6) is 0 Å². The van der Waals surface area contributed by atoms with Gasteiger partial charge < -0.3 is 10.2 Å². The van der Waals surface area contributed by atoms with Gasteiger partial charge >= 0.3 is 0 Å². The van der Waals surface area contributed by atoms with Crippen molar-refractivity contribution in [2.75, 3.05) is 19.4 Å². The Labute approximate surface area is 100 Å². The second-order valence-electron chi connectivity index (χ2n) is 3.64. The zero-order valence-corrected chi connectivity index (χ0v) is 9.83. The second kappa shape index (κ2) is 6.32. The van der Waals surface area contributed by atoms with E-state index in [1.165, 1.54) is 0 Å². The van der Waals surface area contributed by atoms with E-state index in [0.717, 1.165) is 11.9 Å². The number of benzene rings is 1. The summed E-state index contributed by atoms with van der Waals surface area (Å²) < 4.78 is 0. The van der Waals surface area contributed by atoms with Gasteiger partial charge in [-0.3, -0.25) is 10.1 Å². The van der Waals surface area contributed by atoms with Crippen molar-refractivity contribution < 1.29 is 4.92 Å². The van der Waals surface area contributed by atoms with E-state index in [0.29, 0.717) is 5.70 Å².